The monoisotopic (exact) mass is 420 g/mol. The predicted octanol–water partition coefficient (Wildman–Crippen LogP) is 4.85. The molecule has 3 aromatic rings. The summed E-state index contributed by atoms with van der Waals surface area (Å²) in [7, 11) is 0. The number of esters is 1. The van der Waals surface area contributed by atoms with Crippen LogP contribution in [-0.2, 0) is 16.0 Å². The minimum absolute atomic E-state index is 0.295. The van der Waals surface area contributed by atoms with Crippen LogP contribution in [0, 0.1) is 0 Å². The van der Waals surface area contributed by atoms with E-state index in [1.807, 2.05) is 37.3 Å². The van der Waals surface area contributed by atoms with Crippen molar-refractivity contribution in [2.24, 2.45) is 0 Å². The molecule has 0 fully saturated rings. The number of ether oxygens (including phenoxy) is 1. The number of para-hydroxylation sites is 1. The molecule has 1 atom stereocenters. The lowest BCUT2D eigenvalue weighted by Crippen LogP contribution is -2.35. The number of carbonyl (C=O) groups is 2. The van der Waals surface area contributed by atoms with Crippen molar-refractivity contribution in [3.8, 4) is 0 Å². The third-order valence-electron chi connectivity index (χ3n) is 5.24. The number of fused-ring (bicyclic) bond motifs is 2. The van der Waals surface area contributed by atoms with Crippen LogP contribution in [0.15, 0.2) is 41.8 Å². The average molecular weight is 421 g/mol. The highest BCUT2D eigenvalue weighted by Crippen LogP contribution is 2.37. The molecule has 0 bridgehead atoms. The first-order valence-corrected chi connectivity index (χ1v) is 11.1. The molecule has 6 heteroatoms. The quantitative estimate of drug-likeness (QED) is 0.599. The van der Waals surface area contributed by atoms with Crippen molar-refractivity contribution >= 4 is 45.8 Å². The number of likely N-dealkylation sites (N-methyl/N-ethyl adjacent to an activating group) is 1. The molecule has 1 aliphatic rings. The maximum Gasteiger partial charge on any atom is 0.339 e. The Morgan fingerprint density at radius 3 is 2.83 bits per heavy atom. The number of hydrogen-bond acceptors (Lipinski definition) is 5. The molecule has 154 valence electrons. The van der Waals surface area contributed by atoms with Gasteiger partial charge in [-0.1, -0.05) is 24.3 Å². The molecule has 5 nitrogen and oxygen atoms in total. The largest absolute Gasteiger partial charge is 0.449 e. The number of nitrogens with zero attached hydrogens (tertiary/aromatic N) is 1. The van der Waals surface area contributed by atoms with Gasteiger partial charge in [0.2, 0.25) is 0 Å². The van der Waals surface area contributed by atoms with Gasteiger partial charge in [-0.15, -0.1) is 11.3 Å². The van der Waals surface area contributed by atoms with Crippen LogP contribution in [0.25, 0.3) is 22.6 Å². The molecule has 0 aliphatic heterocycles. The fourth-order valence-corrected chi connectivity index (χ4v) is 4.53. The van der Waals surface area contributed by atoms with Crippen LogP contribution in [0.4, 0.5) is 0 Å². The number of benzene rings is 1. The summed E-state index contributed by atoms with van der Waals surface area (Å²) in [6.45, 7) is 3.92. The SMILES string of the molecule is CCNC(=O)[C@H](C)OC(=O)c1c2c(nc3ccccc13)/C(=C\c1cccs1)CCC2. The molecule has 0 unspecified atom stereocenters. The molecule has 1 amide bonds. The van der Waals surface area contributed by atoms with E-state index in [2.05, 4.69) is 22.8 Å². The van der Waals surface area contributed by atoms with Crippen molar-refractivity contribution in [3.05, 3.63) is 63.5 Å². The van der Waals surface area contributed by atoms with E-state index in [9.17, 15) is 9.59 Å². The lowest BCUT2D eigenvalue weighted by atomic mass is 9.86. The summed E-state index contributed by atoms with van der Waals surface area (Å²) in [4.78, 5) is 31.4. The van der Waals surface area contributed by atoms with E-state index < -0.39 is 12.1 Å². The first-order chi connectivity index (χ1) is 14.6. The Bertz CT molecular complexity index is 1120. The highest BCUT2D eigenvalue weighted by Gasteiger charge is 2.28. The Labute approximate surface area is 179 Å². The molecule has 2 aromatic heterocycles. The lowest BCUT2D eigenvalue weighted by molar-refractivity contribution is -0.128. The fourth-order valence-electron chi connectivity index (χ4n) is 3.84. The smallest absolute Gasteiger partial charge is 0.339 e. The standard InChI is InChI=1S/C24H24N2O3S/c1-3-25-23(27)15(2)29-24(28)21-18-10-4-5-12-20(18)26-22-16(8-6-11-19(21)22)14-17-9-7-13-30-17/h4-5,7,9-10,12-15H,3,6,8,11H2,1-2H3,(H,25,27)/b16-14-/t15-/m0/s1. The molecule has 0 spiro atoms. The van der Waals surface area contributed by atoms with E-state index in [0.29, 0.717) is 12.1 Å². The summed E-state index contributed by atoms with van der Waals surface area (Å²) < 4.78 is 5.57. The van der Waals surface area contributed by atoms with Crippen molar-refractivity contribution in [2.45, 2.75) is 39.2 Å². The van der Waals surface area contributed by atoms with E-state index >= 15 is 0 Å². The molecule has 0 saturated heterocycles. The third kappa shape index (κ3) is 4.00. The first kappa shape index (κ1) is 20.3. The van der Waals surface area contributed by atoms with Gasteiger partial charge in [0.05, 0.1) is 16.8 Å². The van der Waals surface area contributed by atoms with Crippen LogP contribution in [0.1, 0.15) is 53.2 Å². The van der Waals surface area contributed by atoms with Gasteiger partial charge in [-0.05, 0) is 67.8 Å². The normalized spacial score (nSPS) is 15.6. The summed E-state index contributed by atoms with van der Waals surface area (Å²) in [6, 6.07) is 11.7. The molecule has 0 radical (unpaired) electrons. The minimum atomic E-state index is -0.857. The topological polar surface area (TPSA) is 68.3 Å². The second kappa shape index (κ2) is 8.79. The van der Waals surface area contributed by atoms with Crippen molar-refractivity contribution in [1.29, 1.82) is 0 Å². The van der Waals surface area contributed by atoms with Gasteiger partial charge in [-0.2, -0.15) is 0 Å². The summed E-state index contributed by atoms with van der Waals surface area (Å²) >= 11 is 1.68. The van der Waals surface area contributed by atoms with Crippen LogP contribution >= 0.6 is 11.3 Å². The van der Waals surface area contributed by atoms with Gasteiger partial charge < -0.3 is 10.1 Å². The molecule has 30 heavy (non-hydrogen) atoms. The zero-order chi connectivity index (χ0) is 21.1. The van der Waals surface area contributed by atoms with Crippen LogP contribution in [0.2, 0.25) is 0 Å². The van der Waals surface area contributed by atoms with Crippen molar-refractivity contribution in [1.82, 2.24) is 10.3 Å². The number of nitrogens with one attached hydrogen (secondary N) is 1. The summed E-state index contributed by atoms with van der Waals surface area (Å²) in [6.07, 6.45) is 3.92. The van der Waals surface area contributed by atoms with Crippen LogP contribution < -0.4 is 5.32 Å². The van der Waals surface area contributed by atoms with Gasteiger partial charge in [-0.3, -0.25) is 4.79 Å². The predicted molar refractivity (Wildman–Crippen MR) is 120 cm³/mol. The maximum absolute atomic E-state index is 13.2. The van der Waals surface area contributed by atoms with Crippen LogP contribution in [0.3, 0.4) is 0 Å². The lowest BCUT2D eigenvalue weighted by Gasteiger charge is -2.23. The molecule has 1 aliphatic carbocycles. The molecular formula is C24H24N2O3S. The van der Waals surface area contributed by atoms with E-state index in [0.717, 1.165) is 47.0 Å². The Hall–Kier alpha value is -2.99. The molecule has 0 saturated carbocycles. The molecule has 2 heterocycles. The van der Waals surface area contributed by atoms with Gasteiger partial charge in [-0.25, -0.2) is 9.78 Å². The van der Waals surface area contributed by atoms with Crippen LogP contribution in [-0.4, -0.2) is 29.5 Å². The minimum Gasteiger partial charge on any atom is -0.449 e. The number of pyridine rings is 1. The van der Waals surface area contributed by atoms with E-state index in [-0.39, 0.29) is 5.91 Å². The average Bonchev–Trinajstić information content (AvgIpc) is 3.25. The first-order valence-electron chi connectivity index (χ1n) is 10.2. The fraction of sp³-hybridized carbons (Fsp3) is 0.292. The Kier molecular flexibility index (Phi) is 5.95. The van der Waals surface area contributed by atoms with Crippen molar-refractivity contribution in [3.63, 3.8) is 0 Å². The van der Waals surface area contributed by atoms with Gasteiger partial charge in [0.15, 0.2) is 6.10 Å². The van der Waals surface area contributed by atoms with E-state index in [1.54, 1.807) is 18.3 Å². The summed E-state index contributed by atoms with van der Waals surface area (Å²) in [5.41, 5.74) is 4.20. The highest BCUT2D eigenvalue weighted by atomic mass is 32.1. The van der Waals surface area contributed by atoms with Crippen molar-refractivity contribution < 1.29 is 14.3 Å². The third-order valence-corrected chi connectivity index (χ3v) is 6.06. The Morgan fingerprint density at radius 1 is 1.23 bits per heavy atom. The number of amides is 1. The Morgan fingerprint density at radius 2 is 2.07 bits per heavy atom. The molecule has 1 aromatic carbocycles. The number of aromatic nitrogens is 1. The Balaban J connectivity index is 1.81. The number of rotatable bonds is 5. The maximum atomic E-state index is 13.2. The zero-order valence-electron chi connectivity index (χ0n) is 17.1. The van der Waals surface area contributed by atoms with Gasteiger partial charge in [0.1, 0.15) is 0 Å². The summed E-state index contributed by atoms with van der Waals surface area (Å²) in [5.74, 6) is -0.766. The van der Waals surface area contributed by atoms with E-state index in [4.69, 9.17) is 9.72 Å². The highest BCUT2D eigenvalue weighted by molar-refractivity contribution is 7.10. The second-order valence-electron chi connectivity index (χ2n) is 7.31. The number of allylic oxidation sites excluding steroid dienone is 1. The molecule has 4 rings (SSSR count). The van der Waals surface area contributed by atoms with Gasteiger partial charge in [0, 0.05) is 16.8 Å². The summed E-state index contributed by atoms with van der Waals surface area (Å²) in [5, 5.41) is 5.51. The number of thiophene rings is 1. The molecule has 1 N–H and O–H groups in total. The second-order valence-corrected chi connectivity index (χ2v) is 8.29. The number of hydrogen-bond donors (Lipinski definition) is 1. The van der Waals surface area contributed by atoms with Crippen LogP contribution in [0.5, 0.6) is 0 Å². The molecular weight excluding hydrogens is 396 g/mol. The van der Waals surface area contributed by atoms with E-state index in [1.165, 1.54) is 4.88 Å². The van der Waals surface area contributed by atoms with Gasteiger partial charge >= 0.3 is 5.97 Å². The number of carbonyl (C=O) groups excluding carboxylic acids is 2. The zero-order valence-corrected chi connectivity index (χ0v) is 17.9. The van der Waals surface area contributed by atoms with Crippen molar-refractivity contribution in [2.75, 3.05) is 6.54 Å². The van der Waals surface area contributed by atoms with Gasteiger partial charge in [0.25, 0.3) is 5.91 Å².